The van der Waals surface area contributed by atoms with Crippen molar-refractivity contribution in [2.75, 3.05) is 5.32 Å². The largest absolute Gasteiger partial charge is 0.573 e. The van der Waals surface area contributed by atoms with Gasteiger partial charge in [0.05, 0.1) is 5.69 Å². The van der Waals surface area contributed by atoms with Crippen LogP contribution in [0.5, 0.6) is 5.75 Å². The van der Waals surface area contributed by atoms with Gasteiger partial charge in [-0.15, -0.1) is 13.2 Å². The van der Waals surface area contributed by atoms with Crippen molar-refractivity contribution in [3.63, 3.8) is 0 Å². The Bertz CT molecular complexity index is 873. The van der Waals surface area contributed by atoms with Crippen molar-refractivity contribution in [2.45, 2.75) is 51.1 Å². The highest BCUT2D eigenvalue weighted by Crippen LogP contribution is 2.30. The van der Waals surface area contributed by atoms with Crippen molar-refractivity contribution in [3.8, 4) is 17.0 Å². The smallest absolute Gasteiger partial charge is 0.403 e. The molecule has 0 spiro atoms. The molecule has 0 saturated heterocycles. The van der Waals surface area contributed by atoms with E-state index in [4.69, 9.17) is 0 Å². The summed E-state index contributed by atoms with van der Waals surface area (Å²) in [6.45, 7) is 1.50. The van der Waals surface area contributed by atoms with Crippen LogP contribution in [0.4, 0.5) is 23.2 Å². The van der Waals surface area contributed by atoms with Crippen molar-refractivity contribution in [1.82, 2.24) is 10.3 Å². The lowest BCUT2D eigenvalue weighted by atomic mass is 9.90. The van der Waals surface area contributed by atoms with Crippen LogP contribution in [-0.2, 0) is 4.79 Å². The second kappa shape index (κ2) is 8.67. The van der Waals surface area contributed by atoms with E-state index in [0.29, 0.717) is 11.3 Å². The molecule has 0 bridgehead atoms. The van der Waals surface area contributed by atoms with Crippen LogP contribution in [0, 0.1) is 5.82 Å². The zero-order valence-electron chi connectivity index (χ0n) is 15.7. The number of hydrogen-bond donors (Lipinski definition) is 2. The van der Waals surface area contributed by atoms with Gasteiger partial charge in [0.2, 0.25) is 5.91 Å². The van der Waals surface area contributed by atoms with Crippen LogP contribution < -0.4 is 15.4 Å². The third kappa shape index (κ3) is 6.07. The van der Waals surface area contributed by atoms with Gasteiger partial charge in [-0.05, 0) is 56.0 Å². The van der Waals surface area contributed by atoms with Crippen LogP contribution in [0.2, 0.25) is 0 Å². The van der Waals surface area contributed by atoms with Crippen LogP contribution >= 0.6 is 0 Å². The van der Waals surface area contributed by atoms with E-state index >= 15 is 0 Å². The van der Waals surface area contributed by atoms with E-state index in [1.54, 1.807) is 18.3 Å². The number of rotatable bonds is 5. The number of alkyl halides is 3. The fourth-order valence-electron chi connectivity index (χ4n) is 3.52. The highest BCUT2D eigenvalue weighted by atomic mass is 19.4. The van der Waals surface area contributed by atoms with Gasteiger partial charge in [-0.1, -0.05) is 0 Å². The molecule has 2 atom stereocenters. The van der Waals surface area contributed by atoms with E-state index < -0.39 is 17.9 Å². The Morgan fingerprint density at radius 1 is 1.17 bits per heavy atom. The quantitative estimate of drug-likeness (QED) is 0.704. The number of halogens is 4. The molecular formula is C20H21F4N3O2. The Balaban J connectivity index is 1.71. The van der Waals surface area contributed by atoms with Gasteiger partial charge in [0.15, 0.2) is 11.6 Å². The summed E-state index contributed by atoms with van der Waals surface area (Å²) in [5.74, 6) is -2.06. The molecule has 3 rings (SSSR count). The molecule has 9 heteroatoms. The van der Waals surface area contributed by atoms with Crippen LogP contribution in [0.3, 0.4) is 0 Å². The lowest BCUT2D eigenvalue weighted by Gasteiger charge is -2.30. The highest BCUT2D eigenvalue weighted by Gasteiger charge is 2.32. The molecule has 1 amide bonds. The zero-order valence-corrected chi connectivity index (χ0v) is 15.7. The summed E-state index contributed by atoms with van der Waals surface area (Å²) in [5.41, 5.74) is 1.52. The van der Waals surface area contributed by atoms with E-state index in [1.165, 1.54) is 13.0 Å². The Hall–Kier alpha value is -2.84. The molecule has 0 radical (unpaired) electrons. The predicted octanol–water partition coefficient (Wildman–Crippen LogP) is 4.65. The molecular weight excluding hydrogens is 390 g/mol. The Labute approximate surface area is 165 Å². The van der Waals surface area contributed by atoms with Crippen LogP contribution in [0.1, 0.15) is 32.6 Å². The number of aromatic nitrogens is 1. The number of carbonyl (C=O) groups excluding carboxylic acids is 1. The first-order valence-corrected chi connectivity index (χ1v) is 9.25. The minimum atomic E-state index is -4.96. The van der Waals surface area contributed by atoms with Crippen molar-refractivity contribution in [3.05, 3.63) is 42.3 Å². The lowest BCUT2D eigenvalue weighted by Crippen LogP contribution is -2.40. The Morgan fingerprint density at radius 2 is 1.93 bits per heavy atom. The van der Waals surface area contributed by atoms with Crippen molar-refractivity contribution < 1.29 is 27.1 Å². The minimum Gasteiger partial charge on any atom is -0.403 e. The number of carbonyl (C=O) groups is 1. The molecule has 29 heavy (non-hydrogen) atoms. The first kappa shape index (κ1) is 20.9. The fraction of sp³-hybridized carbons (Fsp3) is 0.400. The summed E-state index contributed by atoms with van der Waals surface area (Å²) in [5, 5.41) is 6.33. The standard InChI is InChI=1S/C20H21F4N3O2/c1-12(28)26-14-3-2-4-15(10-14)27-16-7-8-25-18(11-16)13-5-6-19(17(21)9-13)29-20(22,23)24/h5-9,11,14-15H,2-4,10H2,1H3,(H,25,27)(H,26,28)/t14-,15-/m0/s1. The molecule has 2 aromatic rings. The zero-order chi connectivity index (χ0) is 21.0. The number of ether oxygens (including phenoxy) is 1. The molecule has 1 aromatic heterocycles. The summed E-state index contributed by atoms with van der Waals surface area (Å²) >= 11 is 0. The monoisotopic (exact) mass is 411 g/mol. The number of pyridine rings is 1. The minimum absolute atomic E-state index is 0.0539. The van der Waals surface area contributed by atoms with E-state index in [2.05, 4.69) is 20.4 Å². The summed E-state index contributed by atoms with van der Waals surface area (Å²) in [6, 6.07) is 6.97. The number of hydrogen-bond acceptors (Lipinski definition) is 4. The van der Waals surface area contributed by atoms with Crippen molar-refractivity contribution >= 4 is 11.6 Å². The van der Waals surface area contributed by atoms with Gasteiger partial charge in [0, 0.05) is 36.5 Å². The average Bonchev–Trinajstić information content (AvgIpc) is 2.62. The Morgan fingerprint density at radius 3 is 2.62 bits per heavy atom. The van der Waals surface area contributed by atoms with Gasteiger partial charge >= 0.3 is 6.36 Å². The van der Waals surface area contributed by atoms with E-state index in [9.17, 15) is 22.4 Å². The molecule has 0 aliphatic heterocycles. The van der Waals surface area contributed by atoms with Gasteiger partial charge in [0.1, 0.15) is 0 Å². The summed E-state index contributed by atoms with van der Waals surface area (Å²) in [4.78, 5) is 15.4. The second-order valence-electron chi connectivity index (χ2n) is 7.03. The molecule has 1 aromatic carbocycles. The molecule has 2 N–H and O–H groups in total. The average molecular weight is 411 g/mol. The third-order valence-corrected chi connectivity index (χ3v) is 4.67. The maximum Gasteiger partial charge on any atom is 0.573 e. The summed E-state index contributed by atoms with van der Waals surface area (Å²) < 4.78 is 54.5. The van der Waals surface area contributed by atoms with Crippen LogP contribution in [0.25, 0.3) is 11.3 Å². The normalized spacial score (nSPS) is 19.5. The number of nitrogens with one attached hydrogen (secondary N) is 2. The van der Waals surface area contributed by atoms with Crippen LogP contribution in [-0.4, -0.2) is 29.3 Å². The number of amides is 1. The SMILES string of the molecule is CC(=O)N[C@H]1CCC[C@H](Nc2ccnc(-c3ccc(OC(F)(F)F)c(F)c3)c2)C1. The second-order valence-corrected chi connectivity index (χ2v) is 7.03. The van der Waals surface area contributed by atoms with Gasteiger partial charge in [-0.25, -0.2) is 4.39 Å². The fourth-order valence-corrected chi connectivity index (χ4v) is 3.52. The lowest BCUT2D eigenvalue weighted by molar-refractivity contribution is -0.275. The number of benzene rings is 1. The van der Waals surface area contributed by atoms with Gasteiger partial charge in [-0.2, -0.15) is 0 Å². The van der Waals surface area contributed by atoms with E-state index in [-0.39, 0.29) is 18.0 Å². The molecule has 1 saturated carbocycles. The molecule has 1 heterocycles. The summed E-state index contributed by atoms with van der Waals surface area (Å²) in [6.07, 6.45) is 0.238. The van der Waals surface area contributed by atoms with Gasteiger partial charge in [-0.3, -0.25) is 9.78 Å². The van der Waals surface area contributed by atoms with Crippen LogP contribution in [0.15, 0.2) is 36.5 Å². The van der Waals surface area contributed by atoms with E-state index in [1.807, 2.05) is 0 Å². The van der Waals surface area contributed by atoms with Crippen molar-refractivity contribution in [1.29, 1.82) is 0 Å². The molecule has 1 aliphatic carbocycles. The number of anilines is 1. The maximum absolute atomic E-state index is 14.0. The maximum atomic E-state index is 14.0. The van der Waals surface area contributed by atoms with E-state index in [0.717, 1.165) is 43.5 Å². The van der Waals surface area contributed by atoms with Gasteiger partial charge in [0.25, 0.3) is 0 Å². The third-order valence-electron chi connectivity index (χ3n) is 4.67. The first-order valence-electron chi connectivity index (χ1n) is 9.25. The number of nitrogens with zero attached hydrogens (tertiary/aromatic N) is 1. The van der Waals surface area contributed by atoms with Gasteiger partial charge < -0.3 is 15.4 Å². The molecule has 0 unspecified atom stereocenters. The molecule has 1 fully saturated rings. The molecule has 1 aliphatic rings. The molecule has 5 nitrogen and oxygen atoms in total. The first-order chi connectivity index (χ1) is 13.7. The predicted molar refractivity (Wildman–Crippen MR) is 99.8 cm³/mol. The molecule has 156 valence electrons. The summed E-state index contributed by atoms with van der Waals surface area (Å²) in [7, 11) is 0. The topological polar surface area (TPSA) is 63.2 Å². The highest BCUT2D eigenvalue weighted by molar-refractivity contribution is 5.73. The Kier molecular flexibility index (Phi) is 6.24. The van der Waals surface area contributed by atoms with Crippen molar-refractivity contribution in [2.24, 2.45) is 0 Å².